The molecule has 3 nitrogen and oxygen atoms in total. The van der Waals surface area contributed by atoms with Crippen molar-refractivity contribution in [3.63, 3.8) is 0 Å². The highest BCUT2D eigenvalue weighted by Gasteiger charge is 2.30. The van der Waals surface area contributed by atoms with Crippen LogP contribution in [0, 0.1) is 0 Å². The van der Waals surface area contributed by atoms with E-state index in [4.69, 9.17) is 22.1 Å². The fraction of sp³-hybridized carbons (Fsp3) is 0.417. The number of halogens is 1. The highest BCUT2D eigenvalue weighted by Crippen LogP contribution is 2.22. The number of carbonyl (C=O) groups is 1. The maximum atomic E-state index is 11.7. The molecule has 1 aliphatic rings. The number of nitrogens with two attached hydrogens (primary N) is 1. The standard InChI is InChI=1S/C12H14ClNO2/c13-8-4-6-9(7-5-8)16-11-3-1-2-10(14)12(11)15/h4-7,10-11H,1-3,14H2. The molecule has 86 valence electrons. The van der Waals surface area contributed by atoms with Gasteiger partial charge in [0, 0.05) is 5.02 Å². The van der Waals surface area contributed by atoms with Gasteiger partial charge in [-0.25, -0.2) is 0 Å². The van der Waals surface area contributed by atoms with Crippen molar-refractivity contribution in [1.29, 1.82) is 0 Å². The lowest BCUT2D eigenvalue weighted by atomic mass is 9.92. The van der Waals surface area contributed by atoms with Gasteiger partial charge in [-0.3, -0.25) is 4.79 Å². The molecule has 1 fully saturated rings. The third-order valence-electron chi connectivity index (χ3n) is 2.76. The van der Waals surface area contributed by atoms with Gasteiger partial charge in [-0.1, -0.05) is 11.6 Å². The van der Waals surface area contributed by atoms with Crippen molar-refractivity contribution < 1.29 is 9.53 Å². The fourth-order valence-corrected chi connectivity index (χ4v) is 1.97. The summed E-state index contributed by atoms with van der Waals surface area (Å²) in [5.74, 6) is 0.665. The lowest BCUT2D eigenvalue weighted by Crippen LogP contribution is -2.44. The smallest absolute Gasteiger partial charge is 0.189 e. The summed E-state index contributed by atoms with van der Waals surface area (Å²) in [6.07, 6.45) is 2.05. The summed E-state index contributed by atoms with van der Waals surface area (Å²) in [4.78, 5) is 11.7. The Morgan fingerprint density at radius 1 is 1.25 bits per heavy atom. The molecule has 1 aliphatic carbocycles. The second kappa shape index (κ2) is 4.85. The van der Waals surface area contributed by atoms with Gasteiger partial charge in [0.1, 0.15) is 5.75 Å². The predicted octanol–water partition coefficient (Wildman–Crippen LogP) is 2.17. The Morgan fingerprint density at radius 2 is 1.94 bits per heavy atom. The molecule has 0 amide bonds. The van der Waals surface area contributed by atoms with Crippen molar-refractivity contribution in [2.24, 2.45) is 5.73 Å². The minimum atomic E-state index is -0.398. The van der Waals surface area contributed by atoms with Crippen LogP contribution in [0.25, 0.3) is 0 Å². The average molecular weight is 240 g/mol. The molecule has 16 heavy (non-hydrogen) atoms. The van der Waals surface area contributed by atoms with E-state index >= 15 is 0 Å². The van der Waals surface area contributed by atoms with Gasteiger partial charge in [0.2, 0.25) is 0 Å². The van der Waals surface area contributed by atoms with E-state index < -0.39 is 6.10 Å². The number of ether oxygens (including phenoxy) is 1. The molecular weight excluding hydrogens is 226 g/mol. The second-order valence-electron chi connectivity index (χ2n) is 4.00. The van der Waals surface area contributed by atoms with Crippen LogP contribution in [-0.4, -0.2) is 17.9 Å². The molecule has 1 saturated carbocycles. The number of Topliss-reactive ketones (excluding diaryl/α,β-unsaturated/α-hetero) is 1. The molecule has 0 aliphatic heterocycles. The predicted molar refractivity (Wildman–Crippen MR) is 62.7 cm³/mol. The maximum absolute atomic E-state index is 11.7. The van der Waals surface area contributed by atoms with Crippen molar-refractivity contribution in [2.45, 2.75) is 31.4 Å². The zero-order chi connectivity index (χ0) is 11.5. The number of hydrogen-bond donors (Lipinski definition) is 1. The lowest BCUT2D eigenvalue weighted by molar-refractivity contribution is -0.129. The summed E-state index contributed by atoms with van der Waals surface area (Å²) in [6, 6.07) is 6.63. The second-order valence-corrected chi connectivity index (χ2v) is 4.44. The molecule has 1 aromatic rings. The van der Waals surface area contributed by atoms with Gasteiger partial charge < -0.3 is 10.5 Å². The van der Waals surface area contributed by atoms with Gasteiger partial charge in [0.15, 0.2) is 11.9 Å². The van der Waals surface area contributed by atoms with Crippen LogP contribution in [0.2, 0.25) is 5.02 Å². The Labute approximate surface area is 99.5 Å². The monoisotopic (exact) mass is 239 g/mol. The van der Waals surface area contributed by atoms with Gasteiger partial charge in [0.25, 0.3) is 0 Å². The minimum absolute atomic E-state index is 0.00111. The Kier molecular flexibility index (Phi) is 3.46. The molecule has 2 atom stereocenters. The molecule has 2 unspecified atom stereocenters. The molecular formula is C12H14ClNO2. The SMILES string of the molecule is NC1CCCC(Oc2ccc(Cl)cc2)C1=O. The van der Waals surface area contributed by atoms with Crippen LogP contribution in [0.1, 0.15) is 19.3 Å². The van der Waals surface area contributed by atoms with E-state index in [0.717, 1.165) is 19.3 Å². The molecule has 0 radical (unpaired) electrons. The normalized spacial score (nSPS) is 25.5. The molecule has 1 aromatic carbocycles. The van der Waals surface area contributed by atoms with Crippen molar-refractivity contribution in [2.75, 3.05) is 0 Å². The summed E-state index contributed by atoms with van der Waals surface area (Å²) in [5, 5.41) is 0.652. The Morgan fingerprint density at radius 3 is 2.62 bits per heavy atom. The van der Waals surface area contributed by atoms with E-state index in [9.17, 15) is 4.79 Å². The minimum Gasteiger partial charge on any atom is -0.483 e. The molecule has 0 aromatic heterocycles. The van der Waals surface area contributed by atoms with Gasteiger partial charge >= 0.3 is 0 Å². The Hall–Kier alpha value is -1.06. The van der Waals surface area contributed by atoms with Crippen LogP contribution in [-0.2, 0) is 4.79 Å². The van der Waals surface area contributed by atoms with Gasteiger partial charge in [-0.15, -0.1) is 0 Å². The van der Waals surface area contributed by atoms with Crippen LogP contribution in [0.3, 0.4) is 0 Å². The molecule has 0 saturated heterocycles. The van der Waals surface area contributed by atoms with Gasteiger partial charge in [0.05, 0.1) is 6.04 Å². The third kappa shape index (κ3) is 2.54. The molecule has 0 spiro atoms. The molecule has 0 bridgehead atoms. The molecule has 0 heterocycles. The lowest BCUT2D eigenvalue weighted by Gasteiger charge is -2.25. The van der Waals surface area contributed by atoms with Crippen LogP contribution in [0.4, 0.5) is 0 Å². The quantitative estimate of drug-likeness (QED) is 0.861. The zero-order valence-corrected chi connectivity index (χ0v) is 9.61. The summed E-state index contributed by atoms with van der Waals surface area (Å²) in [6.45, 7) is 0. The number of benzene rings is 1. The Bertz CT molecular complexity index is 377. The maximum Gasteiger partial charge on any atom is 0.189 e. The first-order chi connectivity index (χ1) is 7.66. The number of hydrogen-bond acceptors (Lipinski definition) is 3. The van der Waals surface area contributed by atoms with Crippen molar-refractivity contribution in [3.05, 3.63) is 29.3 Å². The molecule has 2 rings (SSSR count). The first-order valence-corrected chi connectivity index (χ1v) is 5.76. The number of ketones is 1. The van der Waals surface area contributed by atoms with Gasteiger partial charge in [-0.05, 0) is 43.5 Å². The van der Waals surface area contributed by atoms with E-state index in [1.165, 1.54) is 0 Å². The third-order valence-corrected chi connectivity index (χ3v) is 3.01. The summed E-state index contributed by atoms with van der Waals surface area (Å²) in [7, 11) is 0. The average Bonchev–Trinajstić information content (AvgIpc) is 2.28. The summed E-state index contributed by atoms with van der Waals surface area (Å²) in [5.41, 5.74) is 5.70. The first kappa shape index (κ1) is 11.4. The van der Waals surface area contributed by atoms with E-state index in [1.54, 1.807) is 24.3 Å². The highest BCUT2D eigenvalue weighted by molar-refractivity contribution is 6.30. The van der Waals surface area contributed by atoms with E-state index in [2.05, 4.69) is 0 Å². The number of rotatable bonds is 2. The first-order valence-electron chi connectivity index (χ1n) is 5.38. The Balaban J connectivity index is 2.03. The van der Waals surface area contributed by atoms with E-state index in [1.807, 2.05) is 0 Å². The van der Waals surface area contributed by atoms with Crippen LogP contribution in [0.15, 0.2) is 24.3 Å². The summed E-state index contributed by atoms with van der Waals surface area (Å²) < 4.78 is 5.60. The van der Waals surface area contributed by atoms with Crippen molar-refractivity contribution in [3.8, 4) is 5.75 Å². The molecule has 4 heteroatoms. The van der Waals surface area contributed by atoms with E-state index in [0.29, 0.717) is 10.8 Å². The van der Waals surface area contributed by atoms with Crippen molar-refractivity contribution in [1.82, 2.24) is 0 Å². The summed E-state index contributed by atoms with van der Waals surface area (Å²) >= 11 is 5.76. The van der Waals surface area contributed by atoms with Gasteiger partial charge in [-0.2, -0.15) is 0 Å². The van der Waals surface area contributed by atoms with Crippen LogP contribution in [0.5, 0.6) is 5.75 Å². The van der Waals surface area contributed by atoms with Crippen molar-refractivity contribution >= 4 is 17.4 Å². The largest absolute Gasteiger partial charge is 0.483 e. The fourth-order valence-electron chi connectivity index (χ4n) is 1.84. The van der Waals surface area contributed by atoms with Crippen LogP contribution < -0.4 is 10.5 Å². The van der Waals surface area contributed by atoms with Crippen LogP contribution >= 0.6 is 11.6 Å². The number of carbonyl (C=O) groups excluding carboxylic acids is 1. The topological polar surface area (TPSA) is 52.3 Å². The molecule has 2 N–H and O–H groups in total. The van der Waals surface area contributed by atoms with E-state index in [-0.39, 0.29) is 11.8 Å². The highest BCUT2D eigenvalue weighted by atomic mass is 35.5. The zero-order valence-electron chi connectivity index (χ0n) is 8.86.